The van der Waals surface area contributed by atoms with Crippen molar-refractivity contribution in [3.05, 3.63) is 11.4 Å². The zero-order valence-corrected chi connectivity index (χ0v) is 6.65. The summed E-state index contributed by atoms with van der Waals surface area (Å²) < 4.78 is 26.0. The topological polar surface area (TPSA) is 47.8 Å². The highest BCUT2D eigenvalue weighted by molar-refractivity contribution is 5.73. The van der Waals surface area contributed by atoms with Crippen LogP contribution in [-0.2, 0) is 0 Å². The quantitative estimate of drug-likeness (QED) is 0.671. The van der Waals surface area contributed by atoms with E-state index in [1.807, 2.05) is 0 Å². The van der Waals surface area contributed by atoms with Crippen LogP contribution in [0.3, 0.4) is 0 Å². The molecule has 70 valence electrons. The first-order valence-corrected chi connectivity index (χ1v) is 3.92. The van der Waals surface area contributed by atoms with E-state index in [-0.39, 0.29) is 17.4 Å². The Labute approximate surface area is 72.5 Å². The van der Waals surface area contributed by atoms with Crippen molar-refractivity contribution in [3.63, 3.8) is 0 Å². The summed E-state index contributed by atoms with van der Waals surface area (Å²) in [6, 6.07) is 0.0187. The van der Waals surface area contributed by atoms with Gasteiger partial charge in [0.05, 0.1) is 6.04 Å². The molecule has 4 nitrogen and oxygen atoms in total. The average Bonchev–Trinajstić information content (AvgIpc) is 2.84. The number of carbonyl (C=O) groups is 1. The molecule has 1 saturated carbocycles. The molecule has 0 N–H and O–H groups in total. The maximum Gasteiger partial charge on any atom is 0.282 e. The molecule has 1 fully saturated rings. The summed E-state index contributed by atoms with van der Waals surface area (Å²) in [6.07, 6.45) is -0.702. The molecule has 1 aliphatic carbocycles. The van der Waals surface area contributed by atoms with Crippen molar-refractivity contribution in [1.29, 1.82) is 0 Å². The standard InChI is InChI=1S/C7H7F2N3O/c8-7(9)6-5(3-13)10-11-12(6)4-1-2-4/h3-4,7H,1-2H2. The Morgan fingerprint density at radius 3 is 2.69 bits per heavy atom. The Morgan fingerprint density at radius 1 is 1.54 bits per heavy atom. The number of hydrogen-bond donors (Lipinski definition) is 0. The zero-order valence-electron chi connectivity index (χ0n) is 6.65. The summed E-state index contributed by atoms with van der Waals surface area (Å²) in [5, 5.41) is 6.91. The fraction of sp³-hybridized carbons (Fsp3) is 0.571. The van der Waals surface area contributed by atoms with E-state index in [1.165, 1.54) is 0 Å². The second-order valence-electron chi connectivity index (χ2n) is 2.95. The van der Waals surface area contributed by atoms with E-state index in [0.29, 0.717) is 6.29 Å². The van der Waals surface area contributed by atoms with Crippen LogP contribution in [0.4, 0.5) is 8.78 Å². The first-order valence-electron chi connectivity index (χ1n) is 3.92. The summed E-state index contributed by atoms with van der Waals surface area (Å²) in [5.74, 6) is 0. The molecule has 0 bridgehead atoms. The Balaban J connectivity index is 2.43. The summed E-state index contributed by atoms with van der Waals surface area (Å²) in [4.78, 5) is 10.3. The molecule has 0 aromatic carbocycles. The number of hydrogen-bond acceptors (Lipinski definition) is 3. The van der Waals surface area contributed by atoms with Gasteiger partial charge in [-0.1, -0.05) is 5.21 Å². The predicted octanol–water partition coefficient (Wildman–Crippen LogP) is 1.36. The molecule has 1 aromatic heterocycles. The van der Waals surface area contributed by atoms with Crippen molar-refractivity contribution in [3.8, 4) is 0 Å². The van der Waals surface area contributed by atoms with Crippen LogP contribution in [0.5, 0.6) is 0 Å². The lowest BCUT2D eigenvalue weighted by atomic mass is 10.3. The Morgan fingerprint density at radius 2 is 2.23 bits per heavy atom. The number of rotatable bonds is 3. The van der Waals surface area contributed by atoms with Gasteiger partial charge in [-0.3, -0.25) is 4.79 Å². The van der Waals surface area contributed by atoms with Gasteiger partial charge in [0.1, 0.15) is 5.69 Å². The van der Waals surface area contributed by atoms with Crippen molar-refractivity contribution in [2.75, 3.05) is 0 Å². The van der Waals surface area contributed by atoms with Crippen molar-refractivity contribution in [2.45, 2.75) is 25.3 Å². The molecule has 0 radical (unpaired) electrons. The van der Waals surface area contributed by atoms with Crippen LogP contribution in [-0.4, -0.2) is 21.3 Å². The minimum atomic E-state index is -2.68. The van der Waals surface area contributed by atoms with Crippen LogP contribution >= 0.6 is 0 Å². The van der Waals surface area contributed by atoms with Crippen molar-refractivity contribution in [1.82, 2.24) is 15.0 Å². The lowest BCUT2D eigenvalue weighted by molar-refractivity contribution is 0.109. The van der Waals surface area contributed by atoms with E-state index in [4.69, 9.17) is 0 Å². The Kier molecular flexibility index (Phi) is 1.82. The first-order chi connectivity index (χ1) is 6.24. The molecular formula is C7H7F2N3O. The fourth-order valence-electron chi connectivity index (χ4n) is 1.20. The SMILES string of the molecule is O=Cc1nnn(C2CC2)c1C(F)F. The predicted molar refractivity (Wildman–Crippen MR) is 38.6 cm³/mol. The van der Waals surface area contributed by atoms with Gasteiger partial charge in [-0.05, 0) is 12.8 Å². The van der Waals surface area contributed by atoms with E-state index >= 15 is 0 Å². The molecule has 0 amide bonds. The van der Waals surface area contributed by atoms with Crippen LogP contribution in [0.1, 0.15) is 41.5 Å². The fourth-order valence-corrected chi connectivity index (χ4v) is 1.20. The van der Waals surface area contributed by atoms with Gasteiger partial charge in [0.15, 0.2) is 12.0 Å². The third-order valence-corrected chi connectivity index (χ3v) is 1.97. The number of halogens is 2. The smallest absolute Gasteiger partial charge is 0.282 e. The zero-order chi connectivity index (χ0) is 9.42. The monoisotopic (exact) mass is 187 g/mol. The normalized spacial score (nSPS) is 16.5. The van der Waals surface area contributed by atoms with Gasteiger partial charge in [-0.2, -0.15) is 0 Å². The molecule has 1 aromatic rings. The average molecular weight is 187 g/mol. The molecule has 1 heterocycles. The van der Waals surface area contributed by atoms with E-state index in [2.05, 4.69) is 10.3 Å². The van der Waals surface area contributed by atoms with Gasteiger partial charge in [0.25, 0.3) is 6.43 Å². The minimum absolute atomic E-state index is 0.0187. The maximum atomic E-state index is 12.4. The van der Waals surface area contributed by atoms with E-state index in [1.54, 1.807) is 0 Å². The highest BCUT2D eigenvalue weighted by atomic mass is 19.3. The number of carbonyl (C=O) groups excluding carboxylic acids is 1. The Hall–Kier alpha value is -1.33. The van der Waals surface area contributed by atoms with Gasteiger partial charge in [-0.25, -0.2) is 13.5 Å². The van der Waals surface area contributed by atoms with Crippen LogP contribution < -0.4 is 0 Å². The third-order valence-electron chi connectivity index (χ3n) is 1.97. The highest BCUT2D eigenvalue weighted by Crippen LogP contribution is 2.37. The van der Waals surface area contributed by atoms with E-state index in [0.717, 1.165) is 17.5 Å². The lowest BCUT2D eigenvalue weighted by Crippen LogP contribution is -2.04. The van der Waals surface area contributed by atoms with Gasteiger partial charge in [0, 0.05) is 0 Å². The molecule has 2 rings (SSSR count). The molecule has 0 spiro atoms. The van der Waals surface area contributed by atoms with Crippen LogP contribution in [0.25, 0.3) is 0 Å². The molecular weight excluding hydrogens is 180 g/mol. The maximum absolute atomic E-state index is 12.4. The molecule has 1 aliphatic rings. The van der Waals surface area contributed by atoms with Gasteiger partial charge >= 0.3 is 0 Å². The second-order valence-corrected chi connectivity index (χ2v) is 2.95. The first kappa shape index (κ1) is 8.28. The molecule has 0 aliphatic heterocycles. The number of aromatic nitrogens is 3. The van der Waals surface area contributed by atoms with Gasteiger partial charge in [0.2, 0.25) is 0 Å². The Bertz CT molecular complexity index is 332. The second kappa shape index (κ2) is 2.86. The molecule has 0 saturated heterocycles. The summed E-state index contributed by atoms with van der Waals surface area (Å²) in [6.45, 7) is 0. The summed E-state index contributed by atoms with van der Waals surface area (Å²) >= 11 is 0. The van der Waals surface area contributed by atoms with Gasteiger partial charge < -0.3 is 0 Å². The van der Waals surface area contributed by atoms with E-state index < -0.39 is 6.43 Å². The number of alkyl halides is 2. The summed E-state index contributed by atoms with van der Waals surface area (Å²) in [5.41, 5.74) is -0.598. The van der Waals surface area contributed by atoms with E-state index in [9.17, 15) is 13.6 Å². The lowest BCUT2D eigenvalue weighted by Gasteiger charge is -2.02. The number of aldehydes is 1. The van der Waals surface area contributed by atoms with Crippen molar-refractivity contribution < 1.29 is 13.6 Å². The van der Waals surface area contributed by atoms with Crippen LogP contribution in [0.2, 0.25) is 0 Å². The summed E-state index contributed by atoms with van der Waals surface area (Å²) in [7, 11) is 0. The van der Waals surface area contributed by atoms with Crippen molar-refractivity contribution in [2.24, 2.45) is 0 Å². The van der Waals surface area contributed by atoms with Crippen LogP contribution in [0.15, 0.2) is 0 Å². The minimum Gasteiger partial charge on any atom is -0.296 e. The van der Waals surface area contributed by atoms with Crippen LogP contribution in [0, 0.1) is 0 Å². The molecule has 0 atom stereocenters. The third kappa shape index (κ3) is 1.32. The van der Waals surface area contributed by atoms with Gasteiger partial charge in [-0.15, -0.1) is 5.10 Å². The largest absolute Gasteiger partial charge is 0.296 e. The van der Waals surface area contributed by atoms with Crippen molar-refractivity contribution >= 4 is 6.29 Å². The molecule has 6 heteroatoms. The molecule has 0 unspecified atom stereocenters. The highest BCUT2D eigenvalue weighted by Gasteiger charge is 2.32. The molecule has 13 heavy (non-hydrogen) atoms. The number of nitrogens with zero attached hydrogens (tertiary/aromatic N) is 3.